The Morgan fingerprint density at radius 1 is 1.24 bits per heavy atom. The fraction of sp³-hybridized carbons (Fsp3) is 0.429. The maximum atomic E-state index is 10.6. The molecule has 0 unspecified atom stereocenters. The molecule has 3 heteroatoms. The average molecular weight is 233 g/mol. The van der Waals surface area contributed by atoms with E-state index in [1.165, 1.54) is 12.8 Å². The van der Waals surface area contributed by atoms with E-state index in [4.69, 9.17) is 0 Å². The quantitative estimate of drug-likeness (QED) is 0.401. The van der Waals surface area contributed by atoms with Crippen LogP contribution in [0.1, 0.15) is 44.6 Å². The van der Waals surface area contributed by atoms with E-state index >= 15 is 0 Å². The van der Waals surface area contributed by atoms with Crippen molar-refractivity contribution in [3.05, 3.63) is 52.2 Å². The molecular formula is C14H19NO2. The third kappa shape index (κ3) is 5.29. The van der Waals surface area contributed by atoms with Crippen molar-refractivity contribution in [3.63, 3.8) is 0 Å². The lowest BCUT2D eigenvalue weighted by atomic mass is 10.0. The highest BCUT2D eigenvalue weighted by atomic mass is 16.6. The zero-order valence-corrected chi connectivity index (χ0v) is 10.3. The molecule has 0 spiro atoms. The minimum atomic E-state index is -0.359. The largest absolute Gasteiger partial charge is 0.259 e. The summed E-state index contributed by atoms with van der Waals surface area (Å²) in [4.78, 5) is 10.2. The number of benzene rings is 1. The number of allylic oxidation sites excluding steroid dienone is 1. The maximum absolute atomic E-state index is 10.6. The molecular weight excluding hydrogens is 214 g/mol. The summed E-state index contributed by atoms with van der Waals surface area (Å²) in [6.45, 7) is 2.16. The molecule has 0 saturated carbocycles. The first kappa shape index (κ1) is 13.4. The molecule has 0 radical (unpaired) electrons. The van der Waals surface area contributed by atoms with Crippen molar-refractivity contribution >= 4 is 5.57 Å². The summed E-state index contributed by atoms with van der Waals surface area (Å²) in [6.07, 6.45) is 6.45. The summed E-state index contributed by atoms with van der Waals surface area (Å²) in [5.41, 5.74) is 1.78. The molecule has 1 aromatic rings. The van der Waals surface area contributed by atoms with Gasteiger partial charge in [0.2, 0.25) is 6.20 Å². The minimum absolute atomic E-state index is 0.359. The fourth-order valence-corrected chi connectivity index (χ4v) is 1.81. The molecule has 0 aliphatic rings. The van der Waals surface area contributed by atoms with Gasteiger partial charge in [-0.3, -0.25) is 10.1 Å². The van der Waals surface area contributed by atoms with Gasteiger partial charge in [-0.25, -0.2) is 0 Å². The van der Waals surface area contributed by atoms with Crippen molar-refractivity contribution in [3.8, 4) is 0 Å². The number of nitrogens with zero attached hydrogens (tertiary/aromatic N) is 1. The number of hydrogen-bond donors (Lipinski definition) is 0. The molecule has 1 aromatic carbocycles. The lowest BCUT2D eigenvalue weighted by molar-refractivity contribution is -0.401. The van der Waals surface area contributed by atoms with Crippen LogP contribution in [0.3, 0.4) is 0 Å². The summed E-state index contributed by atoms with van der Waals surface area (Å²) in [6, 6.07) is 9.60. The molecule has 0 atom stereocenters. The lowest BCUT2D eigenvalue weighted by Crippen LogP contribution is -1.92. The smallest absolute Gasteiger partial charge is 0.238 e. The zero-order chi connectivity index (χ0) is 12.5. The third-order valence-electron chi connectivity index (χ3n) is 2.71. The highest BCUT2D eigenvalue weighted by Gasteiger charge is 2.05. The molecule has 0 amide bonds. The first-order valence-corrected chi connectivity index (χ1v) is 6.13. The fourth-order valence-electron chi connectivity index (χ4n) is 1.81. The van der Waals surface area contributed by atoms with E-state index < -0.39 is 0 Å². The van der Waals surface area contributed by atoms with Crippen LogP contribution in [-0.2, 0) is 0 Å². The molecule has 92 valence electrons. The topological polar surface area (TPSA) is 43.1 Å². The molecule has 0 heterocycles. The molecule has 0 saturated heterocycles. The first-order valence-electron chi connectivity index (χ1n) is 6.13. The Balaban J connectivity index is 2.66. The van der Waals surface area contributed by atoms with E-state index in [1.54, 1.807) is 0 Å². The van der Waals surface area contributed by atoms with Gasteiger partial charge in [0, 0.05) is 5.57 Å². The Morgan fingerprint density at radius 3 is 2.53 bits per heavy atom. The monoisotopic (exact) mass is 233 g/mol. The van der Waals surface area contributed by atoms with Gasteiger partial charge >= 0.3 is 0 Å². The van der Waals surface area contributed by atoms with Crippen molar-refractivity contribution in [1.29, 1.82) is 0 Å². The van der Waals surface area contributed by atoms with E-state index in [0.717, 1.165) is 36.6 Å². The zero-order valence-electron chi connectivity index (χ0n) is 10.3. The Hall–Kier alpha value is -1.64. The molecule has 0 fully saturated rings. The highest BCUT2D eigenvalue weighted by molar-refractivity contribution is 5.64. The number of nitro groups is 1. The van der Waals surface area contributed by atoms with Crippen LogP contribution in [0, 0.1) is 10.1 Å². The van der Waals surface area contributed by atoms with Crippen LogP contribution in [-0.4, -0.2) is 4.92 Å². The van der Waals surface area contributed by atoms with Gasteiger partial charge in [-0.1, -0.05) is 56.5 Å². The summed E-state index contributed by atoms with van der Waals surface area (Å²) in [5.74, 6) is 0. The van der Waals surface area contributed by atoms with Gasteiger partial charge in [0.15, 0.2) is 0 Å². The van der Waals surface area contributed by atoms with Crippen LogP contribution < -0.4 is 0 Å². The van der Waals surface area contributed by atoms with Crippen molar-refractivity contribution in [2.45, 2.75) is 39.0 Å². The second-order valence-electron chi connectivity index (χ2n) is 4.12. The van der Waals surface area contributed by atoms with Gasteiger partial charge < -0.3 is 0 Å². The van der Waals surface area contributed by atoms with Crippen molar-refractivity contribution in [1.82, 2.24) is 0 Å². The second-order valence-corrected chi connectivity index (χ2v) is 4.12. The maximum Gasteiger partial charge on any atom is 0.238 e. The van der Waals surface area contributed by atoms with Gasteiger partial charge in [-0.05, 0) is 18.4 Å². The second kappa shape index (κ2) is 7.60. The SMILES string of the molecule is CCCCCC/C(=C\[N+](=O)[O-])c1ccccc1. The summed E-state index contributed by atoms with van der Waals surface area (Å²) in [7, 11) is 0. The molecule has 0 N–H and O–H groups in total. The van der Waals surface area contributed by atoms with Crippen LogP contribution >= 0.6 is 0 Å². The van der Waals surface area contributed by atoms with Gasteiger partial charge in [0.1, 0.15) is 0 Å². The molecule has 0 aliphatic carbocycles. The van der Waals surface area contributed by atoms with Crippen molar-refractivity contribution in [2.75, 3.05) is 0 Å². The highest BCUT2D eigenvalue weighted by Crippen LogP contribution is 2.21. The van der Waals surface area contributed by atoms with Gasteiger partial charge in [-0.15, -0.1) is 0 Å². The van der Waals surface area contributed by atoms with E-state index in [-0.39, 0.29) is 4.92 Å². The van der Waals surface area contributed by atoms with E-state index in [0.29, 0.717) is 0 Å². The Bertz CT molecular complexity index is 371. The molecule has 0 aromatic heterocycles. The summed E-state index contributed by atoms with van der Waals surface area (Å²) >= 11 is 0. The average Bonchev–Trinajstić information content (AvgIpc) is 2.34. The third-order valence-corrected chi connectivity index (χ3v) is 2.71. The van der Waals surface area contributed by atoms with E-state index in [1.807, 2.05) is 30.3 Å². The van der Waals surface area contributed by atoms with Crippen LogP contribution in [0.5, 0.6) is 0 Å². The molecule has 3 nitrogen and oxygen atoms in total. The van der Waals surface area contributed by atoms with Crippen LogP contribution in [0.15, 0.2) is 36.5 Å². The first-order chi connectivity index (χ1) is 8.24. The predicted octanol–water partition coefficient (Wildman–Crippen LogP) is 4.27. The minimum Gasteiger partial charge on any atom is -0.259 e. The lowest BCUT2D eigenvalue weighted by Gasteiger charge is -2.04. The van der Waals surface area contributed by atoms with Crippen LogP contribution in [0.2, 0.25) is 0 Å². The standard InChI is InChI=1S/C14H19NO2/c1-2-3-4-6-11-14(12-15(16)17)13-9-7-5-8-10-13/h5,7-10,12H,2-4,6,11H2,1H3/b14-12+. The predicted molar refractivity (Wildman–Crippen MR) is 70.2 cm³/mol. The summed E-state index contributed by atoms with van der Waals surface area (Å²) < 4.78 is 0. The van der Waals surface area contributed by atoms with Crippen LogP contribution in [0.25, 0.3) is 5.57 Å². The Morgan fingerprint density at radius 2 is 1.94 bits per heavy atom. The number of rotatable bonds is 7. The van der Waals surface area contributed by atoms with E-state index in [2.05, 4.69) is 6.92 Å². The number of unbranched alkanes of at least 4 members (excludes halogenated alkanes) is 3. The van der Waals surface area contributed by atoms with Gasteiger partial charge in [-0.2, -0.15) is 0 Å². The normalized spacial score (nSPS) is 11.5. The molecule has 17 heavy (non-hydrogen) atoms. The van der Waals surface area contributed by atoms with Crippen molar-refractivity contribution < 1.29 is 4.92 Å². The number of hydrogen-bond acceptors (Lipinski definition) is 2. The summed E-state index contributed by atoms with van der Waals surface area (Å²) in [5, 5.41) is 10.6. The molecule has 0 bridgehead atoms. The van der Waals surface area contributed by atoms with Gasteiger partial charge in [0.05, 0.1) is 4.92 Å². The Kier molecular flexibility index (Phi) is 6.00. The molecule has 1 rings (SSSR count). The van der Waals surface area contributed by atoms with E-state index in [9.17, 15) is 10.1 Å². The molecule has 0 aliphatic heterocycles. The van der Waals surface area contributed by atoms with Crippen molar-refractivity contribution in [2.24, 2.45) is 0 Å². The van der Waals surface area contributed by atoms with Crippen LogP contribution in [0.4, 0.5) is 0 Å². The van der Waals surface area contributed by atoms with Gasteiger partial charge in [0.25, 0.3) is 0 Å². The Labute approximate surface area is 102 Å².